The Hall–Kier alpha value is -2.22. The van der Waals surface area contributed by atoms with Gasteiger partial charge in [-0.15, -0.1) is 0 Å². The number of hydrogen-bond donors (Lipinski definition) is 1. The van der Waals surface area contributed by atoms with Crippen molar-refractivity contribution in [2.75, 3.05) is 26.6 Å². The zero-order valence-electron chi connectivity index (χ0n) is 13.3. The van der Waals surface area contributed by atoms with Crippen molar-refractivity contribution in [1.29, 1.82) is 0 Å². The highest BCUT2D eigenvalue weighted by atomic mass is 79.9. The Kier molecular flexibility index (Phi) is 5.49. The molecule has 0 unspecified atom stereocenters. The molecule has 23 heavy (non-hydrogen) atoms. The molecule has 0 fully saturated rings. The minimum atomic E-state index is -0.214. The van der Waals surface area contributed by atoms with Gasteiger partial charge >= 0.3 is 0 Å². The highest BCUT2D eigenvalue weighted by Crippen LogP contribution is 2.40. The third-order valence-corrected chi connectivity index (χ3v) is 4.10. The summed E-state index contributed by atoms with van der Waals surface area (Å²) in [5.74, 6) is 1.69. The first kappa shape index (κ1) is 17.1. The smallest absolute Gasteiger partial charge is 0.282 e. The summed E-state index contributed by atoms with van der Waals surface area (Å²) in [6.45, 7) is 0.428. The van der Waals surface area contributed by atoms with Gasteiger partial charge in [0.15, 0.2) is 11.5 Å². The standard InChI is InChI=1S/C15H18BrN3O4/c1-19-15(20)12(16)10(8-18-19)17-7-9-5-6-11(21-2)14(23-4)13(9)22-3/h5-6,8,17H,7H2,1-4H3. The van der Waals surface area contributed by atoms with Gasteiger partial charge in [-0.2, -0.15) is 5.10 Å². The molecule has 0 aliphatic rings. The van der Waals surface area contributed by atoms with E-state index in [2.05, 4.69) is 26.3 Å². The normalized spacial score (nSPS) is 10.3. The van der Waals surface area contributed by atoms with Crippen LogP contribution in [0, 0.1) is 0 Å². The summed E-state index contributed by atoms with van der Waals surface area (Å²) in [4.78, 5) is 11.9. The maximum absolute atomic E-state index is 11.9. The van der Waals surface area contributed by atoms with E-state index in [-0.39, 0.29) is 5.56 Å². The monoisotopic (exact) mass is 383 g/mol. The number of anilines is 1. The van der Waals surface area contributed by atoms with Gasteiger partial charge in [-0.1, -0.05) is 0 Å². The Morgan fingerprint density at radius 2 is 1.87 bits per heavy atom. The van der Waals surface area contributed by atoms with Crippen LogP contribution in [0.1, 0.15) is 5.56 Å². The lowest BCUT2D eigenvalue weighted by Gasteiger charge is -2.16. The van der Waals surface area contributed by atoms with E-state index in [1.54, 1.807) is 40.6 Å². The number of benzene rings is 1. The Balaban J connectivity index is 2.31. The maximum atomic E-state index is 11.9. The number of aryl methyl sites for hydroxylation is 1. The van der Waals surface area contributed by atoms with Crippen LogP contribution >= 0.6 is 15.9 Å². The van der Waals surface area contributed by atoms with Crippen LogP contribution in [0.2, 0.25) is 0 Å². The molecule has 0 amide bonds. The molecule has 0 aliphatic heterocycles. The van der Waals surface area contributed by atoms with Crippen molar-refractivity contribution in [1.82, 2.24) is 9.78 Å². The van der Waals surface area contributed by atoms with Crippen molar-refractivity contribution in [2.24, 2.45) is 7.05 Å². The third-order valence-electron chi connectivity index (χ3n) is 3.33. The van der Waals surface area contributed by atoms with Gasteiger partial charge in [-0.05, 0) is 28.1 Å². The summed E-state index contributed by atoms with van der Waals surface area (Å²) < 4.78 is 17.7. The number of halogens is 1. The van der Waals surface area contributed by atoms with Gasteiger partial charge in [-0.3, -0.25) is 4.79 Å². The highest BCUT2D eigenvalue weighted by Gasteiger charge is 2.16. The molecule has 0 bridgehead atoms. The number of hydrogen-bond acceptors (Lipinski definition) is 6. The molecule has 2 aromatic rings. The molecular weight excluding hydrogens is 366 g/mol. The van der Waals surface area contributed by atoms with E-state index in [0.29, 0.717) is 34.0 Å². The van der Waals surface area contributed by atoms with E-state index < -0.39 is 0 Å². The summed E-state index contributed by atoms with van der Waals surface area (Å²) in [6, 6.07) is 3.67. The Morgan fingerprint density at radius 3 is 2.48 bits per heavy atom. The van der Waals surface area contributed by atoms with E-state index in [0.717, 1.165) is 5.56 Å². The lowest BCUT2D eigenvalue weighted by atomic mass is 10.1. The van der Waals surface area contributed by atoms with Crippen molar-refractivity contribution in [3.05, 3.63) is 38.7 Å². The van der Waals surface area contributed by atoms with E-state index in [1.165, 1.54) is 4.68 Å². The SMILES string of the molecule is COc1ccc(CNc2cnn(C)c(=O)c2Br)c(OC)c1OC. The summed E-state index contributed by atoms with van der Waals surface area (Å²) in [5.41, 5.74) is 1.25. The molecule has 2 rings (SSSR count). The van der Waals surface area contributed by atoms with Crippen LogP contribution in [0.5, 0.6) is 17.2 Å². The summed E-state index contributed by atoms with van der Waals surface area (Å²) in [7, 11) is 6.28. The molecule has 0 aliphatic carbocycles. The Bertz CT molecular complexity index is 761. The number of aromatic nitrogens is 2. The van der Waals surface area contributed by atoms with Crippen LogP contribution in [-0.4, -0.2) is 31.1 Å². The van der Waals surface area contributed by atoms with Crippen LogP contribution < -0.4 is 25.1 Å². The molecule has 1 aromatic heterocycles. The lowest BCUT2D eigenvalue weighted by molar-refractivity contribution is 0.322. The van der Waals surface area contributed by atoms with E-state index >= 15 is 0 Å². The Morgan fingerprint density at radius 1 is 1.17 bits per heavy atom. The second-order valence-electron chi connectivity index (χ2n) is 4.65. The van der Waals surface area contributed by atoms with E-state index in [1.807, 2.05) is 6.07 Å². The average Bonchev–Trinajstić information content (AvgIpc) is 2.58. The summed E-state index contributed by atoms with van der Waals surface area (Å²) >= 11 is 3.28. The van der Waals surface area contributed by atoms with Gasteiger partial charge in [0, 0.05) is 19.2 Å². The van der Waals surface area contributed by atoms with Gasteiger partial charge in [0.2, 0.25) is 5.75 Å². The van der Waals surface area contributed by atoms with E-state index in [4.69, 9.17) is 14.2 Å². The molecule has 0 radical (unpaired) electrons. The van der Waals surface area contributed by atoms with Crippen molar-refractivity contribution in [3.8, 4) is 17.2 Å². The van der Waals surface area contributed by atoms with Crippen LogP contribution in [0.4, 0.5) is 5.69 Å². The predicted molar refractivity (Wildman–Crippen MR) is 90.6 cm³/mol. The molecule has 7 nitrogen and oxygen atoms in total. The van der Waals surface area contributed by atoms with Crippen LogP contribution in [0.25, 0.3) is 0 Å². The maximum Gasteiger partial charge on any atom is 0.282 e. The first-order valence-corrected chi connectivity index (χ1v) is 7.56. The first-order chi connectivity index (χ1) is 11.0. The van der Waals surface area contributed by atoms with Crippen molar-refractivity contribution >= 4 is 21.6 Å². The Labute approximate surface area is 142 Å². The fourth-order valence-corrected chi connectivity index (χ4v) is 2.63. The zero-order chi connectivity index (χ0) is 17.0. The van der Waals surface area contributed by atoms with Crippen molar-refractivity contribution < 1.29 is 14.2 Å². The van der Waals surface area contributed by atoms with Gasteiger partial charge in [0.1, 0.15) is 4.47 Å². The molecule has 124 valence electrons. The highest BCUT2D eigenvalue weighted by molar-refractivity contribution is 9.10. The molecule has 1 N–H and O–H groups in total. The average molecular weight is 384 g/mol. The number of nitrogens with one attached hydrogen (secondary N) is 1. The number of nitrogens with zero attached hydrogens (tertiary/aromatic N) is 2. The van der Waals surface area contributed by atoms with Crippen LogP contribution in [-0.2, 0) is 13.6 Å². The fraction of sp³-hybridized carbons (Fsp3) is 0.333. The summed E-state index contributed by atoms with van der Waals surface area (Å²) in [5, 5.41) is 7.15. The third kappa shape index (κ3) is 3.42. The van der Waals surface area contributed by atoms with Gasteiger partial charge in [0.05, 0.1) is 33.2 Å². The van der Waals surface area contributed by atoms with Crippen LogP contribution in [0.3, 0.4) is 0 Å². The predicted octanol–water partition coefficient (Wildman–Crippen LogP) is 2.18. The molecule has 0 atom stereocenters. The van der Waals surface area contributed by atoms with Gasteiger partial charge < -0.3 is 19.5 Å². The molecule has 0 saturated heterocycles. The second kappa shape index (κ2) is 7.36. The topological polar surface area (TPSA) is 74.6 Å². The van der Waals surface area contributed by atoms with Gasteiger partial charge in [0.25, 0.3) is 5.56 Å². The zero-order valence-corrected chi connectivity index (χ0v) is 14.9. The van der Waals surface area contributed by atoms with E-state index in [9.17, 15) is 4.79 Å². The fourth-order valence-electron chi connectivity index (χ4n) is 2.13. The lowest BCUT2D eigenvalue weighted by Crippen LogP contribution is -2.21. The molecule has 0 spiro atoms. The van der Waals surface area contributed by atoms with Crippen molar-refractivity contribution in [3.63, 3.8) is 0 Å². The molecule has 8 heteroatoms. The molecule has 1 aromatic carbocycles. The largest absolute Gasteiger partial charge is 0.493 e. The van der Waals surface area contributed by atoms with Crippen molar-refractivity contribution in [2.45, 2.75) is 6.54 Å². The summed E-state index contributed by atoms with van der Waals surface area (Å²) in [6.07, 6.45) is 1.58. The number of ether oxygens (including phenoxy) is 3. The second-order valence-corrected chi connectivity index (χ2v) is 5.44. The number of rotatable bonds is 6. The first-order valence-electron chi connectivity index (χ1n) is 6.77. The number of methoxy groups -OCH3 is 3. The molecule has 1 heterocycles. The molecular formula is C15H18BrN3O4. The van der Waals surface area contributed by atoms with Crippen LogP contribution in [0.15, 0.2) is 27.6 Å². The quantitative estimate of drug-likeness (QED) is 0.823. The minimum Gasteiger partial charge on any atom is -0.493 e. The van der Waals surface area contributed by atoms with Gasteiger partial charge in [-0.25, -0.2) is 4.68 Å². The molecule has 0 saturated carbocycles. The minimum absolute atomic E-state index is 0.214.